The topological polar surface area (TPSA) is 47.6 Å². The first-order valence-corrected chi connectivity index (χ1v) is 5.39. The Morgan fingerprint density at radius 3 is 1.73 bits per heavy atom. The van der Waals surface area contributed by atoms with Gasteiger partial charge in [0.2, 0.25) is 0 Å². The van der Waals surface area contributed by atoms with E-state index in [0.29, 0.717) is 0 Å². The van der Waals surface area contributed by atoms with Gasteiger partial charge in [0, 0.05) is 0 Å². The molecule has 60 valence electrons. The molecule has 0 aliphatic carbocycles. The van der Waals surface area contributed by atoms with Gasteiger partial charge in [0.25, 0.3) is 0 Å². The van der Waals surface area contributed by atoms with E-state index in [1.165, 1.54) is 19.1 Å². The first-order chi connectivity index (χ1) is 4.93. The molecular weight excluding hydrogens is 166 g/mol. The monoisotopic (exact) mass is 174 g/mol. The predicted octanol–water partition coefficient (Wildman–Crippen LogP) is 2.19. The van der Waals surface area contributed by atoms with Crippen LogP contribution in [0.5, 0.6) is 0 Å². The van der Waals surface area contributed by atoms with E-state index < -0.39 is 13.8 Å². The van der Waals surface area contributed by atoms with Gasteiger partial charge in [0.1, 0.15) is 0 Å². The SMILES string of the molecule is CCC(C#N)(C#N)[Si](C)(F)F. The molecule has 0 aliphatic rings. The van der Waals surface area contributed by atoms with Gasteiger partial charge in [-0.05, 0) is 13.0 Å². The van der Waals surface area contributed by atoms with E-state index in [0.717, 1.165) is 6.55 Å². The summed E-state index contributed by atoms with van der Waals surface area (Å²) in [6.07, 6.45) is -0.101. The quantitative estimate of drug-likeness (QED) is 0.476. The van der Waals surface area contributed by atoms with Gasteiger partial charge in [-0.2, -0.15) is 10.5 Å². The van der Waals surface area contributed by atoms with E-state index in [9.17, 15) is 8.22 Å². The summed E-state index contributed by atoms with van der Waals surface area (Å²) in [5.74, 6) is 0. The van der Waals surface area contributed by atoms with Gasteiger partial charge in [0.05, 0.1) is 12.1 Å². The second-order valence-corrected chi connectivity index (χ2v) is 5.00. The molecule has 0 atom stereocenters. The Hall–Kier alpha value is -0.943. The normalized spacial score (nSPS) is 11.8. The second-order valence-electron chi connectivity index (χ2n) is 2.37. The molecule has 0 amide bonds. The Kier molecular flexibility index (Phi) is 2.72. The fraction of sp³-hybridized carbons (Fsp3) is 0.667. The van der Waals surface area contributed by atoms with Crippen LogP contribution in [-0.4, -0.2) is 8.74 Å². The molecule has 11 heavy (non-hydrogen) atoms. The summed E-state index contributed by atoms with van der Waals surface area (Å²) < 4.78 is 25.5. The first-order valence-electron chi connectivity index (χ1n) is 3.14. The maximum absolute atomic E-state index is 12.7. The van der Waals surface area contributed by atoms with Crippen molar-refractivity contribution in [3.05, 3.63) is 0 Å². The van der Waals surface area contributed by atoms with Crippen LogP contribution in [0.4, 0.5) is 8.22 Å². The highest BCUT2D eigenvalue weighted by Gasteiger charge is 2.54. The van der Waals surface area contributed by atoms with Gasteiger partial charge >= 0.3 is 8.74 Å². The number of hydrogen-bond acceptors (Lipinski definition) is 2. The molecule has 0 bridgehead atoms. The van der Waals surface area contributed by atoms with Crippen molar-refractivity contribution in [3.63, 3.8) is 0 Å². The Balaban J connectivity index is 4.94. The fourth-order valence-corrected chi connectivity index (χ4v) is 1.70. The molecule has 0 rings (SSSR count). The van der Waals surface area contributed by atoms with Gasteiger partial charge in [-0.1, -0.05) is 6.92 Å². The zero-order valence-electron chi connectivity index (χ0n) is 6.36. The summed E-state index contributed by atoms with van der Waals surface area (Å²) in [6.45, 7) is 2.15. The van der Waals surface area contributed by atoms with Crippen molar-refractivity contribution in [2.24, 2.45) is 0 Å². The minimum Gasteiger partial charge on any atom is -0.268 e. The van der Waals surface area contributed by atoms with Gasteiger partial charge in [-0.3, -0.25) is 8.22 Å². The predicted molar refractivity (Wildman–Crippen MR) is 38.0 cm³/mol. The van der Waals surface area contributed by atoms with Gasteiger partial charge in [0.15, 0.2) is 5.04 Å². The van der Waals surface area contributed by atoms with Crippen LogP contribution in [0.25, 0.3) is 0 Å². The van der Waals surface area contributed by atoms with E-state index in [1.807, 2.05) is 0 Å². The molecule has 0 fully saturated rings. The maximum Gasteiger partial charge on any atom is 0.455 e. The zero-order valence-corrected chi connectivity index (χ0v) is 7.36. The van der Waals surface area contributed by atoms with Crippen molar-refractivity contribution in [1.82, 2.24) is 0 Å². The lowest BCUT2D eigenvalue weighted by molar-refractivity contribution is 0.541. The lowest BCUT2D eigenvalue weighted by Crippen LogP contribution is -2.34. The third kappa shape index (κ3) is 1.55. The Morgan fingerprint density at radius 2 is 1.73 bits per heavy atom. The molecule has 0 radical (unpaired) electrons. The van der Waals surface area contributed by atoms with Crippen LogP contribution < -0.4 is 0 Å². The summed E-state index contributed by atoms with van der Waals surface area (Å²) in [6, 6.07) is 2.81. The van der Waals surface area contributed by atoms with E-state index in [1.54, 1.807) is 0 Å². The third-order valence-electron chi connectivity index (χ3n) is 1.66. The van der Waals surface area contributed by atoms with Crippen LogP contribution in [0, 0.1) is 22.7 Å². The number of halogens is 2. The van der Waals surface area contributed by atoms with Crippen LogP contribution in [0.2, 0.25) is 11.6 Å². The van der Waals surface area contributed by atoms with Gasteiger partial charge in [-0.15, -0.1) is 0 Å². The minimum absolute atomic E-state index is 0.101. The zero-order chi connectivity index (χ0) is 9.12. The highest BCUT2D eigenvalue weighted by atomic mass is 28.4. The number of hydrogen-bond donors (Lipinski definition) is 0. The summed E-state index contributed by atoms with van der Waals surface area (Å²) in [5, 5.41) is 14.8. The fourth-order valence-electron chi connectivity index (χ4n) is 0.690. The Labute approximate surface area is 65.4 Å². The summed E-state index contributed by atoms with van der Waals surface area (Å²) in [5.41, 5.74) is 0. The Morgan fingerprint density at radius 1 is 1.36 bits per heavy atom. The lowest BCUT2D eigenvalue weighted by Gasteiger charge is -2.20. The molecule has 0 aromatic carbocycles. The smallest absolute Gasteiger partial charge is 0.268 e. The van der Waals surface area contributed by atoms with Crippen molar-refractivity contribution >= 4 is 8.74 Å². The molecule has 0 saturated carbocycles. The van der Waals surface area contributed by atoms with E-state index in [2.05, 4.69) is 0 Å². The molecule has 5 heteroatoms. The number of rotatable bonds is 2. The standard InChI is InChI=1S/C6H8F2N2Si/c1-3-6(4-9,5-10)11(2,7)8/h3H2,1-2H3. The molecule has 0 aromatic rings. The molecular formula is C6H8F2N2Si. The minimum atomic E-state index is -4.66. The van der Waals surface area contributed by atoms with Crippen LogP contribution >= 0.6 is 0 Å². The summed E-state index contributed by atoms with van der Waals surface area (Å²) in [4.78, 5) is 0. The lowest BCUT2D eigenvalue weighted by atomic mass is 10.1. The highest BCUT2D eigenvalue weighted by Crippen LogP contribution is 2.41. The molecule has 0 saturated heterocycles. The van der Waals surface area contributed by atoms with E-state index >= 15 is 0 Å². The van der Waals surface area contributed by atoms with Gasteiger partial charge in [-0.25, -0.2) is 0 Å². The third-order valence-corrected chi connectivity index (χ3v) is 3.74. The van der Waals surface area contributed by atoms with Crippen LogP contribution in [0.15, 0.2) is 0 Å². The van der Waals surface area contributed by atoms with Crippen LogP contribution in [-0.2, 0) is 0 Å². The molecule has 0 unspecified atom stereocenters. The molecule has 0 spiro atoms. The average molecular weight is 174 g/mol. The van der Waals surface area contributed by atoms with Crippen molar-refractivity contribution in [2.75, 3.05) is 0 Å². The molecule has 0 aliphatic heterocycles. The Bertz CT molecular complexity index is 206. The van der Waals surface area contributed by atoms with Crippen molar-refractivity contribution < 1.29 is 8.22 Å². The number of nitrogens with zero attached hydrogens (tertiary/aromatic N) is 2. The van der Waals surface area contributed by atoms with Crippen molar-refractivity contribution in [3.8, 4) is 12.1 Å². The van der Waals surface area contributed by atoms with E-state index in [-0.39, 0.29) is 6.42 Å². The highest BCUT2D eigenvalue weighted by molar-refractivity contribution is 6.70. The van der Waals surface area contributed by atoms with Crippen LogP contribution in [0.3, 0.4) is 0 Å². The average Bonchev–Trinajstić information content (AvgIpc) is 1.90. The summed E-state index contributed by atoms with van der Waals surface area (Å²) >= 11 is 0. The second kappa shape index (κ2) is 2.98. The summed E-state index contributed by atoms with van der Waals surface area (Å²) in [7, 11) is -4.66. The first kappa shape index (κ1) is 10.1. The maximum atomic E-state index is 12.7. The van der Waals surface area contributed by atoms with Crippen molar-refractivity contribution in [1.29, 1.82) is 10.5 Å². The largest absolute Gasteiger partial charge is 0.455 e. The molecule has 0 N–H and O–H groups in total. The molecule has 0 aromatic heterocycles. The number of nitriles is 2. The molecule has 2 nitrogen and oxygen atoms in total. The molecule has 0 heterocycles. The van der Waals surface area contributed by atoms with E-state index in [4.69, 9.17) is 10.5 Å². The van der Waals surface area contributed by atoms with Crippen LogP contribution in [0.1, 0.15) is 13.3 Å². The van der Waals surface area contributed by atoms with Gasteiger partial charge < -0.3 is 0 Å². The van der Waals surface area contributed by atoms with Crippen molar-refractivity contribution in [2.45, 2.75) is 24.9 Å².